The third-order valence-corrected chi connectivity index (χ3v) is 2.79. The molecule has 0 unspecified atom stereocenters. The number of carbonyl (C=O) groups is 2. The summed E-state index contributed by atoms with van der Waals surface area (Å²) >= 11 is 2.00. The molecule has 4 heteroatoms. The summed E-state index contributed by atoms with van der Waals surface area (Å²) < 4.78 is 5.53. The van der Waals surface area contributed by atoms with Gasteiger partial charge in [0.2, 0.25) is 0 Å². The Balaban J connectivity index is 2.40. The van der Waals surface area contributed by atoms with Crippen LogP contribution in [-0.4, -0.2) is 18.4 Å². The second kappa shape index (κ2) is 4.74. The molecular weight excluding hydrogens is 283 g/mol. The van der Waals surface area contributed by atoms with E-state index in [9.17, 15) is 9.59 Å². The smallest absolute Gasteiger partial charge is 0.306 e. The van der Waals surface area contributed by atoms with Crippen LogP contribution in [0.15, 0.2) is 9.66 Å². The minimum atomic E-state index is -0.220. The van der Waals surface area contributed by atoms with Crippen LogP contribution in [0.4, 0.5) is 0 Å². The maximum atomic E-state index is 11.1. The van der Waals surface area contributed by atoms with Gasteiger partial charge >= 0.3 is 5.97 Å². The largest absolute Gasteiger partial charge is 0.466 e. The molecule has 1 rings (SSSR count). The van der Waals surface area contributed by atoms with Crippen molar-refractivity contribution in [1.82, 2.24) is 0 Å². The molecule has 0 aromatic rings. The maximum Gasteiger partial charge on any atom is 0.306 e. The standard InChI is InChI=1S/C9H11IO3/c1-2-13-9(12)5-6-3-7(10)8(11)4-6/h3,6H,2,4-5H2,1H3/t6-/m0/s1. The molecule has 0 saturated heterocycles. The molecule has 0 fully saturated rings. The first-order valence-corrected chi connectivity index (χ1v) is 5.27. The van der Waals surface area contributed by atoms with Crippen LogP contribution in [0.1, 0.15) is 19.8 Å². The highest BCUT2D eigenvalue weighted by Crippen LogP contribution is 2.27. The molecule has 0 spiro atoms. The first-order valence-electron chi connectivity index (χ1n) is 4.19. The fraction of sp³-hybridized carbons (Fsp3) is 0.556. The second-order valence-corrected chi connectivity index (χ2v) is 4.07. The summed E-state index contributed by atoms with van der Waals surface area (Å²) in [6, 6.07) is 0. The number of rotatable bonds is 3. The van der Waals surface area contributed by atoms with Crippen LogP contribution >= 0.6 is 22.6 Å². The van der Waals surface area contributed by atoms with Crippen molar-refractivity contribution in [3.63, 3.8) is 0 Å². The van der Waals surface area contributed by atoms with Crippen LogP contribution in [0, 0.1) is 5.92 Å². The molecule has 0 bridgehead atoms. The number of esters is 1. The second-order valence-electron chi connectivity index (χ2n) is 2.91. The number of ketones is 1. The highest BCUT2D eigenvalue weighted by molar-refractivity contribution is 14.1. The SMILES string of the molecule is CCOC(=O)C[C@H]1C=C(I)C(=O)C1. The van der Waals surface area contributed by atoms with Gasteiger partial charge in [0.1, 0.15) is 0 Å². The number of allylic oxidation sites excluding steroid dienone is 2. The molecule has 0 N–H and O–H groups in total. The van der Waals surface area contributed by atoms with Crippen molar-refractivity contribution in [2.75, 3.05) is 6.61 Å². The lowest BCUT2D eigenvalue weighted by atomic mass is 10.1. The molecule has 3 nitrogen and oxygen atoms in total. The van der Waals surface area contributed by atoms with Gasteiger partial charge in [0, 0.05) is 6.42 Å². The lowest BCUT2D eigenvalue weighted by Crippen LogP contribution is -2.09. The fourth-order valence-electron chi connectivity index (χ4n) is 1.26. The van der Waals surface area contributed by atoms with Crippen molar-refractivity contribution in [1.29, 1.82) is 0 Å². The molecule has 13 heavy (non-hydrogen) atoms. The zero-order valence-corrected chi connectivity index (χ0v) is 9.54. The Bertz CT molecular complexity index is 258. The van der Waals surface area contributed by atoms with E-state index in [4.69, 9.17) is 4.74 Å². The predicted octanol–water partition coefficient (Wildman–Crippen LogP) is 1.85. The topological polar surface area (TPSA) is 43.4 Å². The average molecular weight is 294 g/mol. The predicted molar refractivity (Wildman–Crippen MR) is 56.5 cm³/mol. The number of hydrogen-bond donors (Lipinski definition) is 0. The molecule has 1 aliphatic carbocycles. The van der Waals surface area contributed by atoms with Gasteiger partial charge in [0.25, 0.3) is 0 Å². The summed E-state index contributed by atoms with van der Waals surface area (Å²) in [6.07, 6.45) is 2.63. The Morgan fingerprint density at radius 3 is 2.92 bits per heavy atom. The van der Waals surface area contributed by atoms with Gasteiger partial charge in [-0.3, -0.25) is 9.59 Å². The van der Waals surface area contributed by atoms with Gasteiger partial charge in [-0.25, -0.2) is 0 Å². The zero-order valence-electron chi connectivity index (χ0n) is 7.38. The van der Waals surface area contributed by atoms with E-state index in [1.807, 2.05) is 28.7 Å². The number of Topliss-reactive ketones (excluding diaryl/α,β-unsaturated/α-hetero) is 1. The van der Waals surface area contributed by atoms with Gasteiger partial charge in [-0.15, -0.1) is 0 Å². The van der Waals surface area contributed by atoms with Gasteiger partial charge in [0.15, 0.2) is 5.78 Å². The molecule has 0 radical (unpaired) electrons. The van der Waals surface area contributed by atoms with Crippen LogP contribution < -0.4 is 0 Å². The summed E-state index contributed by atoms with van der Waals surface area (Å²) in [4.78, 5) is 22.1. The van der Waals surface area contributed by atoms with Gasteiger partial charge in [0.05, 0.1) is 16.6 Å². The van der Waals surface area contributed by atoms with E-state index in [2.05, 4.69) is 0 Å². The van der Waals surface area contributed by atoms with Crippen LogP contribution in [0.3, 0.4) is 0 Å². The molecule has 0 amide bonds. The lowest BCUT2D eigenvalue weighted by Gasteiger charge is -2.04. The molecule has 0 aliphatic heterocycles. The Morgan fingerprint density at radius 1 is 1.77 bits per heavy atom. The maximum absolute atomic E-state index is 11.1. The zero-order chi connectivity index (χ0) is 9.84. The van der Waals surface area contributed by atoms with Gasteiger partial charge in [-0.05, 0) is 35.4 Å². The molecule has 0 aromatic carbocycles. The van der Waals surface area contributed by atoms with Crippen molar-refractivity contribution in [2.45, 2.75) is 19.8 Å². The van der Waals surface area contributed by atoms with Gasteiger partial charge < -0.3 is 4.74 Å². The summed E-state index contributed by atoms with van der Waals surface area (Å²) in [5.74, 6) is -0.0315. The molecule has 1 atom stereocenters. The normalized spacial score (nSPS) is 21.5. The van der Waals surface area contributed by atoms with E-state index in [0.717, 1.165) is 3.58 Å². The molecule has 0 aromatic heterocycles. The highest BCUT2D eigenvalue weighted by Gasteiger charge is 2.24. The van der Waals surface area contributed by atoms with Crippen molar-refractivity contribution in [2.24, 2.45) is 5.92 Å². The van der Waals surface area contributed by atoms with Crippen LogP contribution in [-0.2, 0) is 14.3 Å². The molecule has 0 saturated carbocycles. The minimum Gasteiger partial charge on any atom is -0.466 e. The summed E-state index contributed by atoms with van der Waals surface area (Å²) in [5, 5.41) is 0. The first kappa shape index (κ1) is 10.7. The minimum absolute atomic E-state index is 0.0541. The molecule has 72 valence electrons. The Kier molecular flexibility index (Phi) is 3.90. The van der Waals surface area contributed by atoms with Crippen molar-refractivity contribution >= 4 is 34.3 Å². The molecule has 1 aliphatic rings. The van der Waals surface area contributed by atoms with Crippen LogP contribution in [0.2, 0.25) is 0 Å². The molecule has 0 heterocycles. The number of ether oxygens (including phenoxy) is 1. The summed E-state index contributed by atoms with van der Waals surface area (Å²) in [7, 11) is 0. The van der Waals surface area contributed by atoms with Gasteiger partial charge in [-0.1, -0.05) is 6.08 Å². The average Bonchev–Trinajstić information content (AvgIpc) is 2.31. The Morgan fingerprint density at radius 2 is 2.46 bits per heavy atom. The Hall–Kier alpha value is -0.390. The van der Waals surface area contributed by atoms with E-state index >= 15 is 0 Å². The third-order valence-electron chi connectivity index (χ3n) is 1.83. The monoisotopic (exact) mass is 294 g/mol. The number of carbonyl (C=O) groups excluding carboxylic acids is 2. The van der Waals surface area contributed by atoms with Crippen molar-refractivity contribution in [3.05, 3.63) is 9.66 Å². The number of halogens is 1. The first-order chi connectivity index (χ1) is 6.13. The lowest BCUT2D eigenvalue weighted by molar-refractivity contribution is -0.143. The third kappa shape index (κ3) is 3.10. The van der Waals surface area contributed by atoms with E-state index in [0.29, 0.717) is 19.4 Å². The van der Waals surface area contributed by atoms with E-state index in [1.54, 1.807) is 6.92 Å². The van der Waals surface area contributed by atoms with Crippen molar-refractivity contribution < 1.29 is 14.3 Å². The van der Waals surface area contributed by atoms with E-state index in [-0.39, 0.29) is 17.7 Å². The fourth-order valence-corrected chi connectivity index (χ4v) is 1.99. The highest BCUT2D eigenvalue weighted by atomic mass is 127. The Labute approximate surface area is 90.7 Å². The van der Waals surface area contributed by atoms with Crippen LogP contribution in [0.25, 0.3) is 0 Å². The van der Waals surface area contributed by atoms with Crippen molar-refractivity contribution in [3.8, 4) is 0 Å². The molecular formula is C9H11IO3. The summed E-state index contributed by atoms with van der Waals surface area (Å²) in [6.45, 7) is 2.18. The van der Waals surface area contributed by atoms with E-state index < -0.39 is 0 Å². The summed E-state index contributed by atoms with van der Waals surface area (Å²) in [5.41, 5.74) is 0. The quantitative estimate of drug-likeness (QED) is 0.589. The van der Waals surface area contributed by atoms with Gasteiger partial charge in [-0.2, -0.15) is 0 Å². The van der Waals surface area contributed by atoms with E-state index in [1.165, 1.54) is 0 Å². The number of hydrogen-bond acceptors (Lipinski definition) is 3. The van der Waals surface area contributed by atoms with Crippen LogP contribution in [0.5, 0.6) is 0 Å².